The number of hydrogen-bond acceptors (Lipinski definition) is 4. The molecule has 1 aliphatic rings. The minimum atomic E-state index is -2.73. The van der Waals surface area contributed by atoms with Gasteiger partial charge >= 0.3 is 0 Å². The molecule has 4 heterocycles. The van der Waals surface area contributed by atoms with E-state index in [2.05, 4.69) is 20.3 Å². The third kappa shape index (κ3) is 4.13. The van der Waals surface area contributed by atoms with E-state index in [0.29, 0.717) is 22.3 Å². The number of carbonyl (C=O) groups is 1. The molecular formula is C22H18F4N6O. The zero-order valence-electron chi connectivity index (χ0n) is 17.2. The van der Waals surface area contributed by atoms with Crippen LogP contribution in [0.4, 0.5) is 29.1 Å². The number of amides is 1. The highest BCUT2D eigenvalue weighted by Gasteiger charge is 2.35. The summed E-state index contributed by atoms with van der Waals surface area (Å²) >= 11 is 0. The highest BCUT2D eigenvalue weighted by molar-refractivity contribution is 6.08. The fourth-order valence-corrected chi connectivity index (χ4v) is 3.81. The van der Waals surface area contributed by atoms with Gasteiger partial charge in [-0.05, 0) is 18.2 Å². The number of pyridine rings is 1. The molecule has 11 heteroatoms. The molecule has 0 saturated carbocycles. The number of anilines is 2. The summed E-state index contributed by atoms with van der Waals surface area (Å²) in [7, 11) is 0. The number of nitrogens with one attached hydrogen (secondary N) is 2. The predicted molar refractivity (Wildman–Crippen MR) is 114 cm³/mol. The average Bonchev–Trinajstić information content (AvgIpc) is 3.42. The van der Waals surface area contributed by atoms with Crippen molar-refractivity contribution in [2.24, 2.45) is 0 Å². The minimum absolute atomic E-state index is 0.0168. The molecular weight excluding hydrogens is 440 g/mol. The van der Waals surface area contributed by atoms with Crippen LogP contribution in [0.25, 0.3) is 16.6 Å². The first kappa shape index (κ1) is 21.0. The number of benzene rings is 1. The summed E-state index contributed by atoms with van der Waals surface area (Å²) in [6.45, 7) is 0.0400. The van der Waals surface area contributed by atoms with Gasteiger partial charge < -0.3 is 19.8 Å². The van der Waals surface area contributed by atoms with Crippen molar-refractivity contribution in [1.82, 2.24) is 19.5 Å². The fourth-order valence-electron chi connectivity index (χ4n) is 3.81. The number of halogens is 4. The monoisotopic (exact) mass is 458 g/mol. The number of fused-ring (bicyclic) bond motifs is 1. The van der Waals surface area contributed by atoms with Gasteiger partial charge in [-0.25, -0.2) is 27.5 Å². The summed E-state index contributed by atoms with van der Waals surface area (Å²) in [5.41, 5.74) is 1.41. The molecule has 1 amide bonds. The van der Waals surface area contributed by atoms with Gasteiger partial charge in [-0.15, -0.1) is 0 Å². The highest BCUT2D eigenvalue weighted by atomic mass is 19.3. The summed E-state index contributed by atoms with van der Waals surface area (Å²) < 4.78 is 56.2. The van der Waals surface area contributed by atoms with Crippen molar-refractivity contribution in [3.63, 3.8) is 0 Å². The van der Waals surface area contributed by atoms with Crippen LogP contribution in [-0.2, 0) is 0 Å². The molecule has 2 N–H and O–H groups in total. The third-order valence-electron chi connectivity index (χ3n) is 5.61. The molecule has 1 fully saturated rings. The zero-order valence-corrected chi connectivity index (χ0v) is 17.2. The molecule has 7 nitrogen and oxygen atoms in total. The number of H-pyrrole nitrogens is 1. The lowest BCUT2D eigenvalue weighted by Crippen LogP contribution is -2.40. The third-order valence-corrected chi connectivity index (χ3v) is 5.61. The Labute approximate surface area is 185 Å². The molecule has 0 radical (unpaired) electrons. The maximum atomic E-state index is 14.7. The Morgan fingerprint density at radius 3 is 2.67 bits per heavy atom. The van der Waals surface area contributed by atoms with Gasteiger partial charge in [-0.1, -0.05) is 0 Å². The normalized spacial score (nSPS) is 15.7. The Morgan fingerprint density at radius 1 is 1.12 bits per heavy atom. The molecule has 170 valence electrons. The SMILES string of the molecule is O=C(Nc1c[nH]c2cc(F)ccc12)c1cn(-c2cnc(N3CCC(F)(F)CC3)c(F)c2)cn1. The molecule has 4 aromatic rings. The highest BCUT2D eigenvalue weighted by Crippen LogP contribution is 2.31. The maximum absolute atomic E-state index is 14.7. The van der Waals surface area contributed by atoms with Gasteiger partial charge in [0, 0.05) is 49.8 Å². The number of hydrogen-bond donors (Lipinski definition) is 2. The van der Waals surface area contributed by atoms with Crippen LogP contribution in [0.5, 0.6) is 0 Å². The Morgan fingerprint density at radius 2 is 1.91 bits per heavy atom. The van der Waals surface area contributed by atoms with Gasteiger partial charge in [-0.2, -0.15) is 0 Å². The predicted octanol–water partition coefficient (Wildman–Crippen LogP) is 4.51. The minimum Gasteiger partial charge on any atom is -0.359 e. The number of alkyl halides is 2. The van der Waals surface area contributed by atoms with E-state index in [0.717, 1.165) is 0 Å². The van der Waals surface area contributed by atoms with E-state index in [9.17, 15) is 22.4 Å². The Balaban J connectivity index is 1.32. The smallest absolute Gasteiger partial charge is 0.275 e. The van der Waals surface area contributed by atoms with Crippen molar-refractivity contribution in [1.29, 1.82) is 0 Å². The van der Waals surface area contributed by atoms with Gasteiger partial charge in [0.1, 0.15) is 17.8 Å². The van der Waals surface area contributed by atoms with Crippen molar-refractivity contribution >= 4 is 28.3 Å². The van der Waals surface area contributed by atoms with Crippen molar-refractivity contribution < 1.29 is 22.4 Å². The molecule has 1 aromatic carbocycles. The second-order valence-corrected chi connectivity index (χ2v) is 7.85. The first-order valence-electron chi connectivity index (χ1n) is 10.2. The van der Waals surface area contributed by atoms with Crippen molar-refractivity contribution in [2.45, 2.75) is 18.8 Å². The number of nitrogens with zero attached hydrogens (tertiary/aromatic N) is 4. The average molecular weight is 458 g/mol. The summed E-state index contributed by atoms with van der Waals surface area (Å²) in [4.78, 5) is 25.2. The van der Waals surface area contributed by atoms with Gasteiger partial charge in [0.05, 0.1) is 23.1 Å². The maximum Gasteiger partial charge on any atom is 0.275 e. The number of rotatable bonds is 4. The summed E-state index contributed by atoms with van der Waals surface area (Å²) in [5, 5.41) is 3.35. The van der Waals surface area contributed by atoms with Crippen LogP contribution >= 0.6 is 0 Å². The van der Waals surface area contributed by atoms with E-state index in [4.69, 9.17) is 0 Å². The number of imidazole rings is 1. The van der Waals surface area contributed by atoms with Crippen LogP contribution in [0, 0.1) is 11.6 Å². The second-order valence-electron chi connectivity index (χ2n) is 7.85. The van der Waals surface area contributed by atoms with Gasteiger partial charge in [-0.3, -0.25) is 4.79 Å². The van der Waals surface area contributed by atoms with E-state index in [1.807, 2.05) is 0 Å². The summed E-state index contributed by atoms with van der Waals surface area (Å²) in [6.07, 6.45) is 5.01. The van der Waals surface area contributed by atoms with E-state index in [-0.39, 0.29) is 37.4 Å². The van der Waals surface area contributed by atoms with Crippen LogP contribution in [0.3, 0.4) is 0 Å². The van der Waals surface area contributed by atoms with Crippen molar-refractivity contribution in [3.05, 3.63) is 66.5 Å². The Hall–Kier alpha value is -3.89. The van der Waals surface area contributed by atoms with Crippen molar-refractivity contribution in [2.75, 3.05) is 23.3 Å². The number of piperidine rings is 1. The Bertz CT molecular complexity index is 1340. The molecule has 0 bridgehead atoms. The summed E-state index contributed by atoms with van der Waals surface area (Å²) in [5.74, 6) is -4.26. The van der Waals surface area contributed by atoms with E-state index in [1.54, 1.807) is 12.3 Å². The zero-order chi connectivity index (χ0) is 23.2. The standard InChI is InChI=1S/C22H18F4N6O/c23-13-1-2-15-17(7-13)27-10-18(15)30-21(33)19-11-32(12-29-19)14-8-16(24)20(28-9-14)31-5-3-22(25,26)4-6-31/h1-2,7-12,27H,3-6H2,(H,30,33). The largest absolute Gasteiger partial charge is 0.359 e. The number of aromatic nitrogens is 4. The van der Waals surface area contributed by atoms with Crippen LogP contribution in [-0.4, -0.2) is 44.4 Å². The number of carbonyl (C=O) groups excluding carboxylic acids is 1. The topological polar surface area (TPSA) is 78.8 Å². The first-order chi connectivity index (χ1) is 15.8. The van der Waals surface area contributed by atoms with Gasteiger partial charge in [0.2, 0.25) is 0 Å². The lowest BCUT2D eigenvalue weighted by molar-refractivity contribution is -0.0222. The molecule has 1 saturated heterocycles. The quantitative estimate of drug-likeness (QED) is 0.441. The fraction of sp³-hybridized carbons (Fsp3) is 0.227. The van der Waals surface area contributed by atoms with Gasteiger partial charge in [0.15, 0.2) is 11.6 Å². The molecule has 33 heavy (non-hydrogen) atoms. The lowest BCUT2D eigenvalue weighted by Gasteiger charge is -2.32. The molecule has 0 atom stereocenters. The van der Waals surface area contributed by atoms with E-state index < -0.39 is 23.5 Å². The molecule has 0 unspecified atom stereocenters. The Kier molecular flexibility index (Phi) is 5.03. The van der Waals surface area contributed by atoms with Crippen LogP contribution in [0.1, 0.15) is 23.3 Å². The van der Waals surface area contributed by atoms with Crippen LogP contribution in [0.15, 0.2) is 49.2 Å². The lowest BCUT2D eigenvalue weighted by atomic mass is 10.1. The van der Waals surface area contributed by atoms with Crippen molar-refractivity contribution in [3.8, 4) is 5.69 Å². The van der Waals surface area contributed by atoms with E-state index >= 15 is 0 Å². The number of aromatic amines is 1. The first-order valence-corrected chi connectivity index (χ1v) is 10.2. The van der Waals surface area contributed by atoms with Gasteiger partial charge in [0.25, 0.3) is 11.8 Å². The molecule has 0 spiro atoms. The molecule has 5 rings (SSSR count). The molecule has 0 aliphatic carbocycles. The molecule has 3 aromatic heterocycles. The van der Waals surface area contributed by atoms with Crippen LogP contribution in [0.2, 0.25) is 0 Å². The van der Waals surface area contributed by atoms with Crippen LogP contribution < -0.4 is 10.2 Å². The second kappa shape index (κ2) is 7.91. The molecule has 1 aliphatic heterocycles. The summed E-state index contributed by atoms with van der Waals surface area (Å²) in [6, 6.07) is 5.38. The van der Waals surface area contributed by atoms with E-state index in [1.165, 1.54) is 46.4 Å².